The van der Waals surface area contributed by atoms with E-state index in [2.05, 4.69) is 135 Å². The molecule has 0 aliphatic rings. The van der Waals surface area contributed by atoms with Crippen LogP contribution in [-0.4, -0.2) is 0 Å². The lowest BCUT2D eigenvalue weighted by molar-refractivity contribution is 1.47. The Morgan fingerprint density at radius 3 is 0.978 bits per heavy atom. The van der Waals surface area contributed by atoms with E-state index in [1.54, 1.807) is 0 Å². The zero-order valence-corrected chi connectivity index (χ0v) is 25.9. The molecule has 0 heterocycles. The second-order valence-electron chi connectivity index (χ2n) is 12.1. The van der Waals surface area contributed by atoms with Gasteiger partial charge in [0.25, 0.3) is 0 Å². The minimum atomic E-state index is 0.0212. The first-order chi connectivity index (χ1) is 22.6. The van der Waals surface area contributed by atoms with E-state index in [1.165, 1.54) is 21.9 Å². The molecule has 0 radical (unpaired) electrons. The van der Waals surface area contributed by atoms with Crippen molar-refractivity contribution in [3.63, 3.8) is 0 Å². The Bertz CT molecular complexity index is 2280. The van der Waals surface area contributed by atoms with Crippen molar-refractivity contribution in [2.24, 2.45) is 0 Å². The Morgan fingerprint density at radius 2 is 0.609 bits per heavy atom. The van der Waals surface area contributed by atoms with Gasteiger partial charge in [-0.05, 0) is 68.4 Å². The summed E-state index contributed by atoms with van der Waals surface area (Å²) in [6, 6.07) is 55.1. The lowest BCUT2D eigenvalue weighted by Gasteiger charge is -2.17. The molecule has 0 saturated heterocycles. The van der Waals surface area contributed by atoms with Gasteiger partial charge < -0.3 is 0 Å². The standard InChI is InChI=1S/C45H32O/c1-29-21-25-33(26-22-29)39-41(31-13-5-3-6-14-31)45(46)42(32-15-7-4-8-16-32)40(34-27-23-30(2)24-28-34)44-38-20-12-10-18-36(38)35-17-9-11-19-37(35)43(39)44/h3-28H,1-2H3. The Labute approximate surface area is 269 Å². The summed E-state index contributed by atoms with van der Waals surface area (Å²) >= 11 is 0. The summed E-state index contributed by atoms with van der Waals surface area (Å²) in [7, 11) is 0. The van der Waals surface area contributed by atoms with Gasteiger partial charge in [-0.3, -0.25) is 4.79 Å². The molecule has 0 aromatic heterocycles. The Kier molecular flexibility index (Phi) is 6.81. The van der Waals surface area contributed by atoms with E-state index >= 15 is 4.79 Å². The first kappa shape index (κ1) is 27.7. The lowest BCUT2D eigenvalue weighted by Crippen LogP contribution is -2.08. The number of hydrogen-bond acceptors (Lipinski definition) is 1. The molecule has 0 aliphatic carbocycles. The summed E-state index contributed by atoms with van der Waals surface area (Å²) in [6.07, 6.45) is 0. The summed E-state index contributed by atoms with van der Waals surface area (Å²) in [5.74, 6) is 0. The maximum absolute atomic E-state index is 15.7. The van der Waals surface area contributed by atoms with Crippen LogP contribution in [0.2, 0.25) is 0 Å². The predicted molar refractivity (Wildman–Crippen MR) is 196 cm³/mol. The molecule has 0 unspecified atom stereocenters. The van der Waals surface area contributed by atoms with Gasteiger partial charge in [0.2, 0.25) is 0 Å². The van der Waals surface area contributed by atoms with Gasteiger partial charge in [-0.15, -0.1) is 0 Å². The van der Waals surface area contributed by atoms with Crippen LogP contribution >= 0.6 is 0 Å². The number of hydrogen-bond donors (Lipinski definition) is 0. The van der Waals surface area contributed by atoms with Gasteiger partial charge in [0.15, 0.2) is 5.43 Å². The van der Waals surface area contributed by atoms with Crippen LogP contribution in [0.3, 0.4) is 0 Å². The highest BCUT2D eigenvalue weighted by Gasteiger charge is 2.26. The van der Waals surface area contributed by atoms with Gasteiger partial charge in [-0.2, -0.15) is 0 Å². The number of fused-ring (bicyclic) bond motifs is 6. The van der Waals surface area contributed by atoms with Crippen molar-refractivity contribution in [1.82, 2.24) is 0 Å². The van der Waals surface area contributed by atoms with E-state index < -0.39 is 0 Å². The first-order valence-electron chi connectivity index (χ1n) is 15.8. The normalized spacial score (nSPS) is 11.3. The van der Waals surface area contributed by atoms with Crippen LogP contribution in [0.15, 0.2) is 163 Å². The molecule has 0 bridgehead atoms. The SMILES string of the molecule is Cc1ccc(-c2c(-c3ccccc3)c(=O)c(-c3ccccc3)c(-c3ccc(C)cc3)c3c4ccccc4c4ccccc4c23)cc1. The van der Waals surface area contributed by atoms with E-state index in [1.807, 2.05) is 36.4 Å². The molecule has 0 fully saturated rings. The van der Waals surface area contributed by atoms with E-state index in [9.17, 15) is 0 Å². The van der Waals surface area contributed by atoms with Gasteiger partial charge in [0.05, 0.1) is 0 Å². The average Bonchev–Trinajstić information content (AvgIpc) is 3.22. The van der Waals surface area contributed by atoms with Crippen LogP contribution in [0.4, 0.5) is 0 Å². The largest absolute Gasteiger partial charge is 0.289 e. The zero-order valence-electron chi connectivity index (χ0n) is 25.9. The average molecular weight is 589 g/mol. The van der Waals surface area contributed by atoms with Gasteiger partial charge in [-0.25, -0.2) is 0 Å². The van der Waals surface area contributed by atoms with Crippen molar-refractivity contribution >= 4 is 32.3 Å². The molecule has 0 atom stereocenters. The van der Waals surface area contributed by atoms with Crippen LogP contribution in [0.25, 0.3) is 76.8 Å². The summed E-state index contributed by atoms with van der Waals surface area (Å²) < 4.78 is 0. The summed E-state index contributed by atoms with van der Waals surface area (Å²) in [6.45, 7) is 4.21. The molecule has 0 spiro atoms. The maximum atomic E-state index is 15.7. The molecule has 0 N–H and O–H groups in total. The molecule has 0 aliphatic heterocycles. The van der Waals surface area contributed by atoms with Crippen molar-refractivity contribution in [1.29, 1.82) is 0 Å². The molecule has 46 heavy (non-hydrogen) atoms. The molecular weight excluding hydrogens is 556 g/mol. The predicted octanol–water partition coefficient (Wildman–Crippen LogP) is 11.8. The fourth-order valence-corrected chi connectivity index (χ4v) is 7.04. The van der Waals surface area contributed by atoms with Crippen LogP contribution in [0, 0.1) is 13.8 Å². The molecule has 218 valence electrons. The van der Waals surface area contributed by atoms with Gasteiger partial charge >= 0.3 is 0 Å². The van der Waals surface area contributed by atoms with E-state index in [0.29, 0.717) is 11.1 Å². The van der Waals surface area contributed by atoms with Crippen molar-refractivity contribution < 1.29 is 0 Å². The molecular formula is C45H32O. The second kappa shape index (κ2) is 11.3. The zero-order chi connectivity index (χ0) is 31.2. The summed E-state index contributed by atoms with van der Waals surface area (Å²) in [4.78, 5) is 15.7. The minimum Gasteiger partial charge on any atom is -0.289 e. The third kappa shape index (κ3) is 4.52. The molecule has 8 rings (SSSR count). The van der Waals surface area contributed by atoms with Crippen molar-refractivity contribution in [3.05, 3.63) is 179 Å². The van der Waals surface area contributed by atoms with Crippen LogP contribution in [-0.2, 0) is 0 Å². The molecule has 1 heteroatoms. The first-order valence-corrected chi connectivity index (χ1v) is 15.8. The van der Waals surface area contributed by atoms with Crippen LogP contribution < -0.4 is 5.43 Å². The van der Waals surface area contributed by atoms with Crippen molar-refractivity contribution in [2.45, 2.75) is 13.8 Å². The summed E-state index contributed by atoms with van der Waals surface area (Å²) in [5.41, 5.74) is 9.60. The molecule has 1 nitrogen and oxygen atoms in total. The topological polar surface area (TPSA) is 17.1 Å². The Balaban J connectivity index is 1.80. The highest BCUT2D eigenvalue weighted by molar-refractivity contribution is 6.33. The quantitative estimate of drug-likeness (QED) is 0.187. The molecule has 0 amide bonds. The maximum Gasteiger partial charge on any atom is 0.195 e. The van der Waals surface area contributed by atoms with Crippen molar-refractivity contribution in [3.8, 4) is 44.5 Å². The Hall–Kier alpha value is -5.79. The fourth-order valence-electron chi connectivity index (χ4n) is 7.04. The highest BCUT2D eigenvalue weighted by atomic mass is 16.1. The number of rotatable bonds is 4. The second-order valence-corrected chi connectivity index (χ2v) is 12.1. The third-order valence-electron chi connectivity index (χ3n) is 9.19. The van der Waals surface area contributed by atoms with E-state index in [0.717, 1.165) is 54.9 Å². The van der Waals surface area contributed by atoms with E-state index in [4.69, 9.17) is 0 Å². The van der Waals surface area contributed by atoms with Crippen molar-refractivity contribution in [2.75, 3.05) is 0 Å². The monoisotopic (exact) mass is 588 g/mol. The molecule has 8 aromatic carbocycles. The Morgan fingerprint density at radius 1 is 0.304 bits per heavy atom. The lowest BCUT2D eigenvalue weighted by atomic mass is 9.86. The van der Waals surface area contributed by atoms with Gasteiger partial charge in [-0.1, -0.05) is 169 Å². The van der Waals surface area contributed by atoms with Crippen LogP contribution in [0.1, 0.15) is 11.1 Å². The number of aryl methyl sites for hydroxylation is 2. The molecule has 0 saturated carbocycles. The highest BCUT2D eigenvalue weighted by Crippen LogP contribution is 2.48. The van der Waals surface area contributed by atoms with Crippen LogP contribution in [0.5, 0.6) is 0 Å². The fraction of sp³-hybridized carbons (Fsp3) is 0.0444. The molecule has 8 aromatic rings. The third-order valence-corrected chi connectivity index (χ3v) is 9.19. The van der Waals surface area contributed by atoms with Gasteiger partial charge in [0, 0.05) is 22.3 Å². The minimum absolute atomic E-state index is 0.0212. The smallest absolute Gasteiger partial charge is 0.195 e. The summed E-state index contributed by atoms with van der Waals surface area (Å²) in [5, 5.41) is 6.79. The van der Waals surface area contributed by atoms with E-state index in [-0.39, 0.29) is 5.43 Å². The van der Waals surface area contributed by atoms with Gasteiger partial charge in [0.1, 0.15) is 0 Å². The number of benzene rings is 7.